The number of fused-ring (bicyclic) bond motifs is 1. The summed E-state index contributed by atoms with van der Waals surface area (Å²) >= 11 is 0. The fourth-order valence-corrected chi connectivity index (χ4v) is 9.15. The van der Waals surface area contributed by atoms with Crippen LogP contribution >= 0.6 is 0 Å². The van der Waals surface area contributed by atoms with Crippen LogP contribution in [0.1, 0.15) is 90.4 Å². The lowest BCUT2D eigenvalue weighted by atomic mass is 9.65. The van der Waals surface area contributed by atoms with E-state index in [0.717, 1.165) is 93.4 Å². The predicted octanol–water partition coefficient (Wildman–Crippen LogP) is 7.05. The molecular weight excluding hydrogens is 773 g/mol. The summed E-state index contributed by atoms with van der Waals surface area (Å²) < 4.78 is 61.7. The van der Waals surface area contributed by atoms with E-state index in [2.05, 4.69) is 20.5 Å². The molecule has 0 bridgehead atoms. The minimum atomic E-state index is -4.67. The van der Waals surface area contributed by atoms with Crippen molar-refractivity contribution in [1.29, 1.82) is 0 Å². The molecule has 3 saturated heterocycles. The first-order valence-electron chi connectivity index (χ1n) is 20.1. The van der Waals surface area contributed by atoms with Crippen LogP contribution < -0.4 is 20.3 Å². The van der Waals surface area contributed by atoms with Crippen molar-refractivity contribution in [3.63, 3.8) is 0 Å². The highest BCUT2D eigenvalue weighted by Crippen LogP contribution is 2.47. The van der Waals surface area contributed by atoms with E-state index in [1.165, 1.54) is 31.4 Å². The molecule has 312 valence electrons. The number of rotatable bonds is 8. The number of hydrogen-bond donors (Lipinski definition) is 2. The second kappa shape index (κ2) is 16.2. The van der Waals surface area contributed by atoms with E-state index in [-0.39, 0.29) is 41.7 Å². The SMILES string of the molecule is COc1cc2nn(C3CCN(CC4CCC5(CC4)CCN(C(=O)c4ccc(F)c(N6CCC(=O)NC6=O)c4)CC5)CC3)cc2cc1NC(=O)c1cccc(C(F)(F)F)n1. The number of imide groups is 1. The standard InChI is InChI=1S/C42H46F4N8O5/c1-59-35-23-32-28(21-33(35)48-38(56)31-3-2-4-36(47-31)42(44,45)46)25-54(50-32)29-9-16-51(17-10-29)24-26-7-12-41(13-8-26)14-19-52(20-15-41)39(57)27-5-6-30(43)34(22-27)53-18-11-37(55)49-40(53)58/h2-6,21-23,25-26,29H,7-20,24H2,1H3,(H,48,56)(H,49,55,58). The summed E-state index contributed by atoms with van der Waals surface area (Å²) in [4.78, 5) is 59.3. The summed E-state index contributed by atoms with van der Waals surface area (Å²) in [6, 6.07) is 10.2. The fraction of sp³-hybridized carbons (Fsp3) is 0.476. The molecule has 2 aromatic carbocycles. The Hall–Kier alpha value is -5.58. The van der Waals surface area contributed by atoms with Gasteiger partial charge in [-0.2, -0.15) is 18.3 Å². The van der Waals surface area contributed by atoms with Crippen LogP contribution in [0, 0.1) is 17.2 Å². The van der Waals surface area contributed by atoms with E-state index in [1.54, 1.807) is 12.1 Å². The van der Waals surface area contributed by atoms with Crippen LogP contribution in [0.25, 0.3) is 10.9 Å². The number of methoxy groups -OCH3 is 1. The van der Waals surface area contributed by atoms with Crippen molar-refractivity contribution in [2.45, 2.75) is 70.0 Å². The quantitative estimate of drug-likeness (QED) is 0.180. The number of carbonyl (C=O) groups is 4. The Labute approximate surface area is 338 Å². The maximum atomic E-state index is 14.7. The van der Waals surface area contributed by atoms with Crippen molar-refractivity contribution < 1.29 is 41.5 Å². The molecule has 59 heavy (non-hydrogen) atoms. The Morgan fingerprint density at radius 2 is 1.69 bits per heavy atom. The first-order chi connectivity index (χ1) is 28.3. The molecule has 1 saturated carbocycles. The van der Waals surface area contributed by atoms with Gasteiger partial charge in [-0.1, -0.05) is 6.07 Å². The molecule has 4 aliphatic rings. The fourth-order valence-electron chi connectivity index (χ4n) is 9.15. The van der Waals surface area contributed by atoms with Gasteiger partial charge in [-0.05, 0) is 99.1 Å². The molecule has 17 heteroatoms. The van der Waals surface area contributed by atoms with E-state index < -0.39 is 35.5 Å². The van der Waals surface area contributed by atoms with Crippen molar-refractivity contribution in [2.24, 2.45) is 11.3 Å². The van der Waals surface area contributed by atoms with Crippen LogP contribution in [-0.2, 0) is 11.0 Å². The zero-order valence-corrected chi connectivity index (χ0v) is 32.7. The highest BCUT2D eigenvalue weighted by Gasteiger charge is 2.40. The summed E-state index contributed by atoms with van der Waals surface area (Å²) in [6.07, 6.45) is 5.56. The van der Waals surface area contributed by atoms with Crippen LogP contribution in [-0.4, -0.2) is 94.7 Å². The van der Waals surface area contributed by atoms with Crippen LogP contribution in [0.2, 0.25) is 0 Å². The van der Waals surface area contributed by atoms with Gasteiger partial charge in [0.15, 0.2) is 0 Å². The minimum Gasteiger partial charge on any atom is -0.494 e. The molecule has 5 amide bonds. The number of nitrogens with zero attached hydrogens (tertiary/aromatic N) is 6. The van der Waals surface area contributed by atoms with Crippen molar-refractivity contribution >= 4 is 46.0 Å². The Morgan fingerprint density at radius 3 is 2.39 bits per heavy atom. The molecule has 2 aromatic heterocycles. The number of halogens is 4. The van der Waals surface area contributed by atoms with Crippen molar-refractivity contribution in [3.05, 3.63) is 77.5 Å². The third-order valence-corrected chi connectivity index (χ3v) is 12.6. The maximum absolute atomic E-state index is 14.7. The smallest absolute Gasteiger partial charge is 0.433 e. The number of likely N-dealkylation sites (tertiary alicyclic amines) is 2. The van der Waals surface area contributed by atoms with Gasteiger partial charge in [-0.15, -0.1) is 0 Å². The Kier molecular flexibility index (Phi) is 11.1. The second-order valence-corrected chi connectivity index (χ2v) is 16.3. The first-order valence-corrected chi connectivity index (χ1v) is 20.1. The highest BCUT2D eigenvalue weighted by molar-refractivity contribution is 6.06. The molecule has 8 rings (SSSR count). The van der Waals surface area contributed by atoms with Crippen molar-refractivity contribution in [3.8, 4) is 5.75 Å². The lowest BCUT2D eigenvalue weighted by molar-refractivity contribution is -0.141. The largest absolute Gasteiger partial charge is 0.494 e. The molecule has 2 N–H and O–H groups in total. The molecule has 1 aliphatic carbocycles. The van der Waals surface area contributed by atoms with Gasteiger partial charge in [0.2, 0.25) is 5.91 Å². The van der Waals surface area contributed by atoms with Gasteiger partial charge in [0, 0.05) is 68.9 Å². The van der Waals surface area contributed by atoms with Crippen LogP contribution in [0.5, 0.6) is 5.75 Å². The number of carbonyl (C=O) groups excluding carboxylic acids is 4. The third kappa shape index (κ3) is 8.61. The number of benzene rings is 2. The number of alkyl halides is 3. The Morgan fingerprint density at radius 1 is 0.949 bits per heavy atom. The lowest BCUT2D eigenvalue weighted by Gasteiger charge is -2.47. The molecule has 0 atom stereocenters. The number of pyridine rings is 1. The number of anilines is 2. The first kappa shape index (κ1) is 40.2. The van der Waals surface area contributed by atoms with Crippen LogP contribution in [0.3, 0.4) is 0 Å². The van der Waals surface area contributed by atoms with E-state index in [1.807, 2.05) is 15.8 Å². The maximum Gasteiger partial charge on any atom is 0.433 e. The number of hydrogen-bond acceptors (Lipinski definition) is 8. The van der Waals surface area contributed by atoms with Gasteiger partial charge in [0.05, 0.1) is 30.0 Å². The lowest BCUT2D eigenvalue weighted by Crippen LogP contribution is -2.50. The normalized spacial score (nSPS) is 19.6. The summed E-state index contributed by atoms with van der Waals surface area (Å²) in [5.41, 5.74) is 0.00652. The molecule has 4 fully saturated rings. The number of aromatic nitrogens is 3. The molecule has 13 nitrogen and oxygen atoms in total. The number of ether oxygens (including phenoxy) is 1. The van der Waals surface area contributed by atoms with Gasteiger partial charge >= 0.3 is 12.2 Å². The van der Waals surface area contributed by atoms with Gasteiger partial charge in [-0.25, -0.2) is 14.2 Å². The molecule has 1 spiro atoms. The van der Waals surface area contributed by atoms with E-state index >= 15 is 0 Å². The number of amides is 5. The van der Waals surface area contributed by atoms with Gasteiger partial charge in [-0.3, -0.25) is 29.3 Å². The van der Waals surface area contributed by atoms with Gasteiger partial charge in [0.25, 0.3) is 11.8 Å². The Balaban J connectivity index is 0.808. The number of nitrogens with one attached hydrogen (secondary N) is 2. The molecular formula is C42H46F4N8O5. The molecule has 0 radical (unpaired) electrons. The zero-order valence-electron chi connectivity index (χ0n) is 32.7. The zero-order chi connectivity index (χ0) is 41.5. The van der Waals surface area contributed by atoms with Crippen molar-refractivity contribution in [1.82, 2.24) is 29.9 Å². The second-order valence-electron chi connectivity index (χ2n) is 16.3. The summed E-state index contributed by atoms with van der Waals surface area (Å²) in [7, 11) is 1.45. The topological polar surface area (TPSA) is 142 Å². The minimum absolute atomic E-state index is 0.00707. The summed E-state index contributed by atoms with van der Waals surface area (Å²) in [5.74, 6) is -1.07. The van der Waals surface area contributed by atoms with Gasteiger partial charge < -0.3 is 19.9 Å². The monoisotopic (exact) mass is 818 g/mol. The van der Waals surface area contributed by atoms with Crippen LogP contribution in [0.15, 0.2) is 54.7 Å². The molecule has 3 aliphatic heterocycles. The number of urea groups is 1. The van der Waals surface area contributed by atoms with Gasteiger partial charge in [0.1, 0.15) is 23.0 Å². The molecule has 0 unspecified atom stereocenters. The Bertz CT molecular complexity index is 2250. The van der Waals surface area contributed by atoms with E-state index in [9.17, 15) is 36.7 Å². The van der Waals surface area contributed by atoms with E-state index in [0.29, 0.717) is 41.5 Å². The number of piperidine rings is 2. The summed E-state index contributed by atoms with van der Waals surface area (Å²) in [5, 5.41) is 10.4. The van der Waals surface area contributed by atoms with Crippen LogP contribution in [0.4, 0.5) is 33.7 Å². The average Bonchev–Trinajstić information content (AvgIpc) is 3.65. The highest BCUT2D eigenvalue weighted by atomic mass is 19.4. The van der Waals surface area contributed by atoms with Crippen molar-refractivity contribution in [2.75, 3.05) is 56.6 Å². The summed E-state index contributed by atoms with van der Waals surface area (Å²) in [6.45, 7) is 4.25. The predicted molar refractivity (Wildman–Crippen MR) is 210 cm³/mol. The van der Waals surface area contributed by atoms with E-state index in [4.69, 9.17) is 9.84 Å². The average molecular weight is 819 g/mol. The third-order valence-electron chi connectivity index (χ3n) is 12.6. The molecule has 5 heterocycles. The molecule has 4 aromatic rings.